The number of aromatic nitrogens is 4. The first kappa shape index (κ1) is 18.0. The van der Waals surface area contributed by atoms with Crippen molar-refractivity contribution >= 4 is 21.5 Å². The maximum absolute atomic E-state index is 11.6. The van der Waals surface area contributed by atoms with Gasteiger partial charge in [-0.2, -0.15) is 5.10 Å². The second-order valence-corrected chi connectivity index (χ2v) is 7.88. The first-order valence-corrected chi connectivity index (χ1v) is 9.80. The average Bonchev–Trinajstić information content (AvgIpc) is 3.03. The van der Waals surface area contributed by atoms with Gasteiger partial charge in [0.05, 0.1) is 35.6 Å². The van der Waals surface area contributed by atoms with Crippen LogP contribution in [0.2, 0.25) is 0 Å². The third-order valence-corrected chi connectivity index (χ3v) is 4.87. The molecule has 0 saturated carbocycles. The Morgan fingerprint density at radius 2 is 1.92 bits per heavy atom. The normalized spacial score (nSPS) is 11.5. The highest BCUT2D eigenvalue weighted by atomic mass is 32.2. The third-order valence-electron chi connectivity index (χ3n) is 3.75. The van der Waals surface area contributed by atoms with Crippen LogP contribution in [0.15, 0.2) is 47.8 Å². The molecule has 2 N–H and O–H groups in total. The van der Waals surface area contributed by atoms with Crippen LogP contribution in [0.5, 0.6) is 0 Å². The number of benzene rings is 1. The second kappa shape index (κ2) is 7.22. The van der Waals surface area contributed by atoms with Gasteiger partial charge in [0.2, 0.25) is 5.95 Å². The lowest BCUT2D eigenvalue weighted by molar-refractivity contribution is 0.269. The van der Waals surface area contributed by atoms with Gasteiger partial charge in [0.15, 0.2) is 9.84 Å². The fraction of sp³-hybridized carbons (Fsp3) is 0.235. The second-order valence-electron chi connectivity index (χ2n) is 5.86. The van der Waals surface area contributed by atoms with E-state index in [4.69, 9.17) is 5.11 Å². The van der Waals surface area contributed by atoms with Gasteiger partial charge in [0.25, 0.3) is 0 Å². The van der Waals surface area contributed by atoms with E-state index in [0.29, 0.717) is 23.9 Å². The Labute approximate surface area is 151 Å². The van der Waals surface area contributed by atoms with Crippen LogP contribution in [0.3, 0.4) is 0 Å². The Hall–Kier alpha value is -2.78. The molecule has 9 heteroatoms. The molecule has 8 nitrogen and oxygen atoms in total. The quantitative estimate of drug-likeness (QED) is 0.678. The van der Waals surface area contributed by atoms with Crippen molar-refractivity contribution in [1.82, 2.24) is 19.7 Å². The maximum atomic E-state index is 11.6. The van der Waals surface area contributed by atoms with Crippen LogP contribution in [0.25, 0.3) is 11.3 Å². The number of nitrogens with one attached hydrogen (secondary N) is 1. The van der Waals surface area contributed by atoms with E-state index < -0.39 is 9.84 Å². The molecular formula is C17H19N5O3S. The molecular weight excluding hydrogens is 354 g/mol. The van der Waals surface area contributed by atoms with Gasteiger partial charge in [-0.05, 0) is 24.6 Å². The Balaban J connectivity index is 1.87. The van der Waals surface area contributed by atoms with Crippen LogP contribution in [-0.2, 0) is 16.4 Å². The molecule has 1 aromatic carbocycles. The Morgan fingerprint density at radius 3 is 2.58 bits per heavy atom. The molecule has 3 rings (SSSR count). The highest BCUT2D eigenvalue weighted by Gasteiger charge is 2.11. The minimum absolute atomic E-state index is 0.00970. The highest BCUT2D eigenvalue weighted by molar-refractivity contribution is 7.90. The summed E-state index contributed by atoms with van der Waals surface area (Å²) in [5, 5.41) is 16.1. The monoisotopic (exact) mass is 373 g/mol. The number of nitrogens with zero attached hydrogens (tertiary/aromatic N) is 4. The highest BCUT2D eigenvalue weighted by Crippen LogP contribution is 2.24. The van der Waals surface area contributed by atoms with Crippen LogP contribution >= 0.6 is 0 Å². The number of hydrogen-bond donors (Lipinski definition) is 2. The van der Waals surface area contributed by atoms with Crippen molar-refractivity contribution in [2.24, 2.45) is 0 Å². The molecule has 3 aromatic rings. The largest absolute Gasteiger partial charge is 0.394 e. The van der Waals surface area contributed by atoms with E-state index >= 15 is 0 Å². The molecule has 0 aliphatic rings. The summed E-state index contributed by atoms with van der Waals surface area (Å²) in [7, 11) is -3.24. The number of hydrogen-bond acceptors (Lipinski definition) is 7. The third kappa shape index (κ3) is 4.06. The lowest BCUT2D eigenvalue weighted by Gasteiger charge is -2.09. The summed E-state index contributed by atoms with van der Waals surface area (Å²) in [4.78, 5) is 9.06. The van der Waals surface area contributed by atoms with Crippen molar-refractivity contribution in [3.05, 3.63) is 48.4 Å². The Bertz CT molecular complexity index is 1010. The van der Waals surface area contributed by atoms with Crippen molar-refractivity contribution in [3.63, 3.8) is 0 Å². The molecule has 0 saturated heterocycles. The number of aliphatic hydroxyl groups is 1. The molecule has 26 heavy (non-hydrogen) atoms. The molecule has 0 bridgehead atoms. The summed E-state index contributed by atoms with van der Waals surface area (Å²) in [6.45, 7) is 2.31. The lowest BCUT2D eigenvalue weighted by Crippen LogP contribution is -2.02. The molecule has 2 heterocycles. The van der Waals surface area contributed by atoms with Crippen LogP contribution in [0.1, 0.15) is 5.56 Å². The summed E-state index contributed by atoms with van der Waals surface area (Å²) in [6, 6.07) is 6.60. The van der Waals surface area contributed by atoms with Crippen LogP contribution in [0, 0.1) is 6.92 Å². The van der Waals surface area contributed by atoms with E-state index in [1.807, 2.05) is 6.92 Å². The molecule has 0 aliphatic heterocycles. The summed E-state index contributed by atoms with van der Waals surface area (Å²) < 4.78 is 24.8. The summed E-state index contributed by atoms with van der Waals surface area (Å²) in [6.07, 6.45) is 6.25. The van der Waals surface area contributed by atoms with Crippen molar-refractivity contribution in [2.45, 2.75) is 18.4 Å². The van der Waals surface area contributed by atoms with Crippen molar-refractivity contribution in [1.29, 1.82) is 0 Å². The van der Waals surface area contributed by atoms with E-state index in [-0.39, 0.29) is 11.5 Å². The first-order valence-electron chi connectivity index (χ1n) is 7.91. The van der Waals surface area contributed by atoms with E-state index in [1.54, 1.807) is 47.5 Å². The molecule has 0 spiro atoms. The van der Waals surface area contributed by atoms with Crippen molar-refractivity contribution in [2.75, 3.05) is 18.2 Å². The summed E-state index contributed by atoms with van der Waals surface area (Å²) >= 11 is 0. The smallest absolute Gasteiger partial charge is 0.227 e. The zero-order valence-corrected chi connectivity index (χ0v) is 15.2. The minimum atomic E-state index is -3.24. The van der Waals surface area contributed by atoms with E-state index in [0.717, 1.165) is 11.1 Å². The Kier molecular flexibility index (Phi) is 5.01. The van der Waals surface area contributed by atoms with Gasteiger partial charge in [-0.15, -0.1) is 0 Å². The molecule has 0 unspecified atom stereocenters. The van der Waals surface area contributed by atoms with Gasteiger partial charge in [-0.1, -0.05) is 12.1 Å². The maximum Gasteiger partial charge on any atom is 0.227 e. The first-order chi connectivity index (χ1) is 12.4. The van der Waals surface area contributed by atoms with Crippen LogP contribution < -0.4 is 5.32 Å². The van der Waals surface area contributed by atoms with Crippen molar-refractivity contribution < 1.29 is 13.5 Å². The average molecular weight is 373 g/mol. The SMILES string of the molecule is Cc1cnc(Nc2cnn(CCO)c2)nc1-c1ccc(S(C)(=O)=O)cc1. The molecule has 0 atom stereocenters. The fourth-order valence-electron chi connectivity index (χ4n) is 2.44. The lowest BCUT2D eigenvalue weighted by atomic mass is 10.1. The van der Waals surface area contributed by atoms with Crippen LogP contribution in [0.4, 0.5) is 11.6 Å². The molecule has 0 fully saturated rings. The van der Waals surface area contributed by atoms with E-state index in [9.17, 15) is 8.42 Å². The number of aliphatic hydroxyl groups excluding tert-OH is 1. The topological polar surface area (TPSA) is 110 Å². The molecule has 0 amide bonds. The number of sulfone groups is 1. The number of aryl methyl sites for hydroxylation is 1. The summed E-state index contributed by atoms with van der Waals surface area (Å²) in [5.41, 5.74) is 3.10. The zero-order valence-electron chi connectivity index (χ0n) is 14.4. The van der Waals surface area contributed by atoms with Gasteiger partial charge in [-0.25, -0.2) is 18.4 Å². The molecule has 0 radical (unpaired) electrons. The van der Waals surface area contributed by atoms with E-state index in [2.05, 4.69) is 20.4 Å². The van der Waals surface area contributed by atoms with Crippen LogP contribution in [-0.4, -0.2) is 46.1 Å². The van der Waals surface area contributed by atoms with E-state index in [1.165, 1.54) is 6.26 Å². The number of rotatable bonds is 6. The van der Waals surface area contributed by atoms with Gasteiger partial charge in [0, 0.05) is 24.2 Å². The summed E-state index contributed by atoms with van der Waals surface area (Å²) in [5.74, 6) is 0.404. The fourth-order valence-corrected chi connectivity index (χ4v) is 3.07. The van der Waals surface area contributed by atoms with Gasteiger partial charge < -0.3 is 10.4 Å². The van der Waals surface area contributed by atoms with Gasteiger partial charge in [0.1, 0.15) is 0 Å². The predicted octanol–water partition coefficient (Wildman–Crippen LogP) is 1.79. The number of anilines is 2. The van der Waals surface area contributed by atoms with Gasteiger partial charge >= 0.3 is 0 Å². The Morgan fingerprint density at radius 1 is 1.19 bits per heavy atom. The van der Waals surface area contributed by atoms with Crippen molar-refractivity contribution in [3.8, 4) is 11.3 Å². The predicted molar refractivity (Wildman–Crippen MR) is 97.9 cm³/mol. The minimum Gasteiger partial charge on any atom is -0.394 e. The molecule has 0 aliphatic carbocycles. The molecule has 2 aromatic heterocycles. The standard InChI is InChI=1S/C17H19N5O3S/c1-12-9-18-17(20-14-10-19-22(11-14)7-8-23)21-16(12)13-3-5-15(6-4-13)26(2,24)25/h3-6,9-11,23H,7-8H2,1-2H3,(H,18,20,21). The zero-order chi connectivity index (χ0) is 18.7. The van der Waals surface area contributed by atoms with Gasteiger partial charge in [-0.3, -0.25) is 4.68 Å². The molecule has 136 valence electrons.